The van der Waals surface area contributed by atoms with E-state index < -0.39 is 10.0 Å². The van der Waals surface area contributed by atoms with Crippen molar-refractivity contribution in [1.82, 2.24) is 0 Å². The molecule has 0 aliphatic carbocycles. The van der Waals surface area contributed by atoms with Gasteiger partial charge in [-0.05, 0) is 36.6 Å². The van der Waals surface area contributed by atoms with Gasteiger partial charge >= 0.3 is 0 Å². The van der Waals surface area contributed by atoms with Gasteiger partial charge in [-0.15, -0.1) is 11.3 Å². The molecule has 1 aromatic carbocycles. The molecule has 0 bridgehead atoms. The Kier molecular flexibility index (Phi) is 4.03. The fraction of sp³-hybridized carbons (Fsp3) is 0.231. The minimum absolute atomic E-state index is 0.0431. The van der Waals surface area contributed by atoms with Gasteiger partial charge in [0.05, 0.1) is 11.7 Å². The molecule has 1 aromatic heterocycles. The number of nitrogens with zero attached hydrogens (tertiary/aromatic N) is 1. The third-order valence-corrected chi connectivity index (χ3v) is 5.27. The SMILES string of the molecule is CC(c1cccs1)N(C)c1ccc(S(N)(=O)=O)c(N)c1. The average Bonchev–Trinajstić information content (AvgIpc) is 2.89. The van der Waals surface area contributed by atoms with Gasteiger partial charge in [-0.2, -0.15) is 0 Å². The van der Waals surface area contributed by atoms with Crippen LogP contribution in [0.25, 0.3) is 0 Å². The van der Waals surface area contributed by atoms with Crippen LogP contribution in [0.3, 0.4) is 0 Å². The Bertz CT molecular complexity index is 696. The third-order valence-electron chi connectivity index (χ3n) is 3.24. The molecular weight excluding hydrogens is 294 g/mol. The zero-order valence-electron chi connectivity index (χ0n) is 11.3. The number of sulfonamides is 1. The van der Waals surface area contributed by atoms with E-state index in [1.807, 2.05) is 23.4 Å². The van der Waals surface area contributed by atoms with E-state index in [9.17, 15) is 8.42 Å². The minimum atomic E-state index is -3.78. The van der Waals surface area contributed by atoms with E-state index in [4.69, 9.17) is 10.9 Å². The summed E-state index contributed by atoms with van der Waals surface area (Å²) in [4.78, 5) is 3.22. The molecule has 1 atom stereocenters. The van der Waals surface area contributed by atoms with E-state index in [-0.39, 0.29) is 16.6 Å². The van der Waals surface area contributed by atoms with Crippen LogP contribution < -0.4 is 15.8 Å². The number of nitrogen functional groups attached to an aromatic ring is 1. The van der Waals surface area contributed by atoms with Crippen molar-refractivity contribution >= 4 is 32.7 Å². The van der Waals surface area contributed by atoms with Gasteiger partial charge in [0.1, 0.15) is 4.90 Å². The summed E-state index contributed by atoms with van der Waals surface area (Å²) in [5, 5.41) is 7.13. The fourth-order valence-electron chi connectivity index (χ4n) is 1.96. The lowest BCUT2D eigenvalue weighted by molar-refractivity contribution is 0.598. The number of hydrogen-bond donors (Lipinski definition) is 2. The molecular formula is C13H17N3O2S2. The smallest absolute Gasteiger partial charge is 0.240 e. The Morgan fingerprint density at radius 3 is 2.50 bits per heavy atom. The Labute approximate surface area is 122 Å². The molecule has 0 radical (unpaired) electrons. The number of anilines is 2. The van der Waals surface area contributed by atoms with Crippen LogP contribution in [0.2, 0.25) is 0 Å². The van der Waals surface area contributed by atoms with Crippen LogP contribution in [-0.2, 0) is 10.0 Å². The van der Waals surface area contributed by atoms with Crippen molar-refractivity contribution in [1.29, 1.82) is 0 Å². The molecule has 1 heterocycles. The summed E-state index contributed by atoms with van der Waals surface area (Å²) in [5.41, 5.74) is 6.79. The van der Waals surface area contributed by atoms with Crippen LogP contribution in [0.1, 0.15) is 17.8 Å². The average molecular weight is 311 g/mol. The number of nitrogens with two attached hydrogens (primary N) is 2. The Hall–Kier alpha value is -1.57. The molecule has 0 saturated carbocycles. The highest BCUT2D eigenvalue weighted by Crippen LogP contribution is 2.30. The first-order valence-corrected chi connectivity index (χ1v) is 8.42. The van der Waals surface area contributed by atoms with Crippen LogP contribution in [0.15, 0.2) is 40.6 Å². The molecule has 5 nitrogen and oxygen atoms in total. The van der Waals surface area contributed by atoms with Crippen LogP contribution in [0, 0.1) is 0 Å². The third kappa shape index (κ3) is 2.95. The molecule has 108 valence electrons. The van der Waals surface area contributed by atoms with Crippen LogP contribution in [0.4, 0.5) is 11.4 Å². The van der Waals surface area contributed by atoms with Crippen molar-refractivity contribution in [2.75, 3.05) is 17.7 Å². The monoisotopic (exact) mass is 311 g/mol. The van der Waals surface area contributed by atoms with Gasteiger partial charge in [0.25, 0.3) is 0 Å². The highest BCUT2D eigenvalue weighted by molar-refractivity contribution is 7.89. The van der Waals surface area contributed by atoms with Gasteiger partial charge in [0, 0.05) is 17.6 Å². The molecule has 0 saturated heterocycles. The quantitative estimate of drug-likeness (QED) is 0.847. The van der Waals surface area contributed by atoms with Crippen LogP contribution >= 0.6 is 11.3 Å². The van der Waals surface area contributed by atoms with Crippen molar-refractivity contribution in [3.05, 3.63) is 40.6 Å². The van der Waals surface area contributed by atoms with Gasteiger partial charge in [0.2, 0.25) is 10.0 Å². The summed E-state index contributed by atoms with van der Waals surface area (Å²) in [5.74, 6) is 0. The van der Waals surface area contributed by atoms with Gasteiger partial charge in [0.15, 0.2) is 0 Å². The fourth-order valence-corrected chi connectivity index (χ4v) is 3.43. The molecule has 2 rings (SSSR count). The van der Waals surface area contributed by atoms with Gasteiger partial charge in [-0.1, -0.05) is 6.07 Å². The molecule has 0 aliphatic rings. The zero-order valence-corrected chi connectivity index (χ0v) is 12.9. The summed E-state index contributed by atoms with van der Waals surface area (Å²) in [6.45, 7) is 2.08. The Morgan fingerprint density at radius 2 is 2.00 bits per heavy atom. The number of rotatable bonds is 4. The molecule has 4 N–H and O–H groups in total. The molecule has 0 amide bonds. The van der Waals surface area contributed by atoms with Gasteiger partial charge < -0.3 is 10.6 Å². The lowest BCUT2D eigenvalue weighted by Gasteiger charge is -2.26. The van der Waals surface area contributed by atoms with E-state index in [2.05, 4.69) is 13.0 Å². The second-order valence-electron chi connectivity index (χ2n) is 4.57. The summed E-state index contributed by atoms with van der Waals surface area (Å²) in [6, 6.07) is 9.02. The lowest BCUT2D eigenvalue weighted by atomic mass is 10.2. The number of benzene rings is 1. The van der Waals surface area contributed by atoms with Crippen LogP contribution in [-0.4, -0.2) is 15.5 Å². The molecule has 0 spiro atoms. The molecule has 20 heavy (non-hydrogen) atoms. The van der Waals surface area contributed by atoms with E-state index in [0.29, 0.717) is 0 Å². The predicted octanol–water partition coefficient (Wildman–Crippen LogP) is 2.18. The summed E-state index contributed by atoms with van der Waals surface area (Å²) in [6.07, 6.45) is 0. The summed E-state index contributed by atoms with van der Waals surface area (Å²) in [7, 11) is -1.84. The lowest BCUT2D eigenvalue weighted by Crippen LogP contribution is -2.21. The second-order valence-corrected chi connectivity index (χ2v) is 7.08. The first kappa shape index (κ1) is 14.8. The summed E-state index contributed by atoms with van der Waals surface area (Å²) < 4.78 is 22.7. The minimum Gasteiger partial charge on any atom is -0.398 e. The maximum atomic E-state index is 11.3. The van der Waals surface area contributed by atoms with Gasteiger partial charge in [-0.3, -0.25) is 0 Å². The Balaban J connectivity index is 2.32. The highest BCUT2D eigenvalue weighted by atomic mass is 32.2. The van der Waals surface area contributed by atoms with Crippen molar-refractivity contribution in [3.63, 3.8) is 0 Å². The molecule has 7 heteroatoms. The number of hydrogen-bond acceptors (Lipinski definition) is 5. The maximum Gasteiger partial charge on any atom is 0.240 e. The standard InChI is InChI=1S/C13H17N3O2S2/c1-9(12-4-3-7-19-12)16(2)10-5-6-13(11(14)8-10)20(15,17)18/h3-9H,14H2,1-2H3,(H2,15,17,18). The highest BCUT2D eigenvalue weighted by Gasteiger charge is 2.17. The van der Waals surface area contributed by atoms with Gasteiger partial charge in [-0.25, -0.2) is 13.6 Å². The number of thiophene rings is 1. The first-order chi connectivity index (χ1) is 9.30. The molecule has 2 aromatic rings. The maximum absolute atomic E-state index is 11.3. The first-order valence-electron chi connectivity index (χ1n) is 5.99. The topological polar surface area (TPSA) is 89.4 Å². The zero-order chi connectivity index (χ0) is 14.9. The Morgan fingerprint density at radius 1 is 1.30 bits per heavy atom. The molecule has 1 unspecified atom stereocenters. The van der Waals surface area contributed by atoms with Crippen molar-refractivity contribution in [3.8, 4) is 0 Å². The van der Waals surface area contributed by atoms with Crippen molar-refractivity contribution in [2.45, 2.75) is 17.9 Å². The normalized spacial score (nSPS) is 13.2. The summed E-state index contributed by atoms with van der Waals surface area (Å²) >= 11 is 1.68. The van der Waals surface area contributed by atoms with E-state index >= 15 is 0 Å². The van der Waals surface area contributed by atoms with E-state index in [0.717, 1.165) is 5.69 Å². The van der Waals surface area contributed by atoms with Crippen LogP contribution in [0.5, 0.6) is 0 Å². The van der Waals surface area contributed by atoms with E-state index in [1.54, 1.807) is 23.5 Å². The molecule has 0 aliphatic heterocycles. The number of primary sulfonamides is 1. The predicted molar refractivity (Wildman–Crippen MR) is 83.4 cm³/mol. The second kappa shape index (κ2) is 5.43. The van der Waals surface area contributed by atoms with E-state index in [1.165, 1.54) is 10.9 Å². The molecule has 0 fully saturated rings. The van der Waals surface area contributed by atoms with Crippen molar-refractivity contribution < 1.29 is 8.42 Å². The largest absolute Gasteiger partial charge is 0.398 e. The van der Waals surface area contributed by atoms with Crippen molar-refractivity contribution in [2.24, 2.45) is 5.14 Å².